The molecule has 98 valence electrons. The van der Waals surface area contributed by atoms with E-state index in [-0.39, 0.29) is 18.3 Å². The van der Waals surface area contributed by atoms with E-state index < -0.39 is 0 Å². The second-order valence-electron chi connectivity index (χ2n) is 4.30. The Labute approximate surface area is 102 Å². The first-order valence-electron chi connectivity index (χ1n) is 6.35. The number of hydrogen-bond acceptors (Lipinski definition) is 4. The van der Waals surface area contributed by atoms with E-state index >= 15 is 0 Å². The summed E-state index contributed by atoms with van der Waals surface area (Å²) in [6.07, 6.45) is 2.95. The van der Waals surface area contributed by atoms with Gasteiger partial charge in [-0.15, -0.1) is 0 Å². The van der Waals surface area contributed by atoms with Crippen molar-refractivity contribution >= 4 is 11.9 Å². The Balaban J connectivity index is 2.06. The highest BCUT2D eigenvalue weighted by Gasteiger charge is 2.16. The average Bonchev–Trinajstić information content (AvgIpc) is 2.30. The highest BCUT2D eigenvalue weighted by molar-refractivity contribution is 5.77. The summed E-state index contributed by atoms with van der Waals surface area (Å²) in [5, 5.41) is 6.03. The quantitative estimate of drug-likeness (QED) is 0.663. The van der Waals surface area contributed by atoms with Gasteiger partial charge in [0.1, 0.15) is 0 Å². The molecule has 1 rings (SSSR count). The van der Waals surface area contributed by atoms with Crippen LogP contribution in [0.5, 0.6) is 0 Å². The Morgan fingerprint density at radius 3 is 2.71 bits per heavy atom. The van der Waals surface area contributed by atoms with E-state index in [0.29, 0.717) is 25.5 Å². The molecule has 0 unspecified atom stereocenters. The van der Waals surface area contributed by atoms with Crippen molar-refractivity contribution in [3.8, 4) is 0 Å². The average molecular weight is 242 g/mol. The highest BCUT2D eigenvalue weighted by Crippen LogP contribution is 2.15. The third-order valence-electron chi connectivity index (χ3n) is 2.89. The predicted molar refractivity (Wildman–Crippen MR) is 64.5 cm³/mol. The fourth-order valence-corrected chi connectivity index (χ4v) is 1.96. The molecule has 1 aliphatic rings. The molecule has 1 aliphatic heterocycles. The number of piperidine rings is 1. The van der Waals surface area contributed by atoms with Crippen LogP contribution >= 0.6 is 0 Å². The lowest BCUT2D eigenvalue weighted by atomic mass is 9.94. The molecule has 5 heteroatoms. The smallest absolute Gasteiger partial charge is 0.307 e. The van der Waals surface area contributed by atoms with Gasteiger partial charge in [0.15, 0.2) is 0 Å². The molecule has 1 saturated heterocycles. The minimum atomic E-state index is -0.255. The zero-order valence-corrected chi connectivity index (χ0v) is 10.5. The second kappa shape index (κ2) is 8.06. The summed E-state index contributed by atoms with van der Waals surface area (Å²) in [7, 11) is 0. The van der Waals surface area contributed by atoms with Gasteiger partial charge in [-0.3, -0.25) is 9.59 Å². The first-order valence-corrected chi connectivity index (χ1v) is 6.35. The third kappa shape index (κ3) is 6.26. The SMILES string of the molecule is CCOC(=O)CCNC(=O)CC1CCNCC1. The van der Waals surface area contributed by atoms with Crippen LogP contribution < -0.4 is 10.6 Å². The topological polar surface area (TPSA) is 67.4 Å². The molecule has 5 nitrogen and oxygen atoms in total. The van der Waals surface area contributed by atoms with Crippen molar-refractivity contribution in [2.45, 2.75) is 32.6 Å². The molecule has 0 atom stereocenters. The molecule has 0 aromatic rings. The Morgan fingerprint density at radius 1 is 1.35 bits per heavy atom. The van der Waals surface area contributed by atoms with Crippen molar-refractivity contribution < 1.29 is 14.3 Å². The van der Waals surface area contributed by atoms with E-state index in [4.69, 9.17) is 4.74 Å². The molecule has 1 amide bonds. The molecule has 0 aromatic heterocycles. The molecule has 1 fully saturated rings. The van der Waals surface area contributed by atoms with Crippen LogP contribution in [0.4, 0.5) is 0 Å². The van der Waals surface area contributed by atoms with Crippen LogP contribution in [0.3, 0.4) is 0 Å². The Kier molecular flexibility index (Phi) is 6.62. The Bertz CT molecular complexity index is 250. The monoisotopic (exact) mass is 242 g/mol. The van der Waals surface area contributed by atoms with E-state index in [1.165, 1.54) is 0 Å². The lowest BCUT2D eigenvalue weighted by molar-refractivity contribution is -0.143. The van der Waals surface area contributed by atoms with Crippen molar-refractivity contribution in [2.24, 2.45) is 5.92 Å². The summed E-state index contributed by atoms with van der Waals surface area (Å²) in [4.78, 5) is 22.6. The van der Waals surface area contributed by atoms with Crippen molar-refractivity contribution in [1.82, 2.24) is 10.6 Å². The van der Waals surface area contributed by atoms with E-state index in [9.17, 15) is 9.59 Å². The van der Waals surface area contributed by atoms with E-state index in [0.717, 1.165) is 25.9 Å². The summed E-state index contributed by atoms with van der Waals surface area (Å²) in [6, 6.07) is 0. The Hall–Kier alpha value is -1.10. The summed E-state index contributed by atoms with van der Waals surface area (Å²) >= 11 is 0. The van der Waals surface area contributed by atoms with Crippen LogP contribution in [0.25, 0.3) is 0 Å². The van der Waals surface area contributed by atoms with Crippen molar-refractivity contribution in [3.63, 3.8) is 0 Å². The van der Waals surface area contributed by atoms with E-state index in [1.807, 2.05) is 0 Å². The minimum Gasteiger partial charge on any atom is -0.466 e. The van der Waals surface area contributed by atoms with Gasteiger partial charge in [-0.05, 0) is 38.8 Å². The molecule has 17 heavy (non-hydrogen) atoms. The largest absolute Gasteiger partial charge is 0.466 e. The number of rotatable bonds is 6. The van der Waals surface area contributed by atoms with Gasteiger partial charge in [-0.2, -0.15) is 0 Å². The van der Waals surface area contributed by atoms with Gasteiger partial charge < -0.3 is 15.4 Å². The summed E-state index contributed by atoms with van der Waals surface area (Å²) in [5.74, 6) is 0.273. The van der Waals surface area contributed by atoms with E-state index in [1.54, 1.807) is 6.92 Å². The third-order valence-corrected chi connectivity index (χ3v) is 2.89. The zero-order valence-electron chi connectivity index (χ0n) is 10.5. The molecule has 0 aliphatic carbocycles. The van der Waals surface area contributed by atoms with Crippen LogP contribution in [0.1, 0.15) is 32.6 Å². The number of ether oxygens (including phenoxy) is 1. The molecule has 0 spiro atoms. The second-order valence-corrected chi connectivity index (χ2v) is 4.30. The van der Waals surface area contributed by atoms with Crippen molar-refractivity contribution in [3.05, 3.63) is 0 Å². The molecule has 1 heterocycles. The normalized spacial score (nSPS) is 16.5. The first-order chi connectivity index (χ1) is 8.22. The van der Waals surface area contributed by atoms with Gasteiger partial charge in [0, 0.05) is 13.0 Å². The first kappa shape index (κ1) is 14.0. The predicted octanol–water partition coefficient (Wildman–Crippen LogP) is 0.445. The van der Waals surface area contributed by atoms with Gasteiger partial charge in [0.25, 0.3) is 0 Å². The van der Waals surface area contributed by atoms with Crippen molar-refractivity contribution in [2.75, 3.05) is 26.2 Å². The lowest BCUT2D eigenvalue weighted by Crippen LogP contribution is -2.33. The molecular formula is C12H22N2O3. The van der Waals surface area contributed by atoms with E-state index in [2.05, 4.69) is 10.6 Å². The number of hydrogen-bond donors (Lipinski definition) is 2. The van der Waals surface area contributed by atoms with Crippen LogP contribution in [-0.4, -0.2) is 38.1 Å². The fraction of sp³-hybridized carbons (Fsp3) is 0.833. The van der Waals surface area contributed by atoms with Crippen LogP contribution in [0.15, 0.2) is 0 Å². The number of carbonyl (C=O) groups excluding carboxylic acids is 2. The molecular weight excluding hydrogens is 220 g/mol. The van der Waals surface area contributed by atoms with Crippen LogP contribution in [0.2, 0.25) is 0 Å². The maximum absolute atomic E-state index is 11.6. The maximum Gasteiger partial charge on any atom is 0.307 e. The molecule has 2 N–H and O–H groups in total. The van der Waals surface area contributed by atoms with Crippen LogP contribution in [0, 0.1) is 5.92 Å². The maximum atomic E-state index is 11.6. The fourth-order valence-electron chi connectivity index (χ4n) is 1.96. The lowest BCUT2D eigenvalue weighted by Gasteiger charge is -2.21. The minimum absolute atomic E-state index is 0.0428. The number of esters is 1. The Morgan fingerprint density at radius 2 is 2.06 bits per heavy atom. The molecule has 0 saturated carbocycles. The van der Waals surface area contributed by atoms with Gasteiger partial charge in [-0.25, -0.2) is 0 Å². The van der Waals surface area contributed by atoms with Gasteiger partial charge >= 0.3 is 5.97 Å². The summed E-state index contributed by atoms with van der Waals surface area (Å²) in [6.45, 7) is 4.54. The highest BCUT2D eigenvalue weighted by atomic mass is 16.5. The van der Waals surface area contributed by atoms with Gasteiger partial charge in [-0.1, -0.05) is 0 Å². The number of amides is 1. The molecule has 0 aromatic carbocycles. The number of carbonyl (C=O) groups is 2. The van der Waals surface area contributed by atoms with Crippen LogP contribution in [-0.2, 0) is 14.3 Å². The summed E-state index contributed by atoms with van der Waals surface area (Å²) in [5.41, 5.74) is 0. The standard InChI is InChI=1S/C12H22N2O3/c1-2-17-12(16)5-8-14-11(15)9-10-3-6-13-7-4-10/h10,13H,2-9H2,1H3,(H,14,15). The number of nitrogens with one attached hydrogen (secondary N) is 2. The van der Waals surface area contributed by atoms with Gasteiger partial charge in [0.2, 0.25) is 5.91 Å². The molecule has 0 bridgehead atoms. The van der Waals surface area contributed by atoms with Crippen molar-refractivity contribution in [1.29, 1.82) is 0 Å². The summed E-state index contributed by atoms with van der Waals surface area (Å²) < 4.78 is 4.78. The molecule has 0 radical (unpaired) electrons. The van der Waals surface area contributed by atoms with Gasteiger partial charge in [0.05, 0.1) is 13.0 Å². The zero-order chi connectivity index (χ0) is 12.5.